The summed E-state index contributed by atoms with van der Waals surface area (Å²) in [7, 11) is 0. The van der Waals surface area contributed by atoms with E-state index in [2.05, 4.69) is 26.5 Å². The first-order chi connectivity index (χ1) is 13.0. The first-order valence-corrected chi connectivity index (χ1v) is 8.49. The molecule has 0 fully saturated rings. The van der Waals surface area contributed by atoms with E-state index in [0.717, 1.165) is 27.9 Å². The molecule has 0 saturated heterocycles. The minimum atomic E-state index is 0.394. The molecule has 0 aliphatic rings. The maximum Gasteiger partial charge on any atom is 0.228 e. The Kier molecular flexibility index (Phi) is 4.01. The molecule has 1 N–H and O–H groups in total. The zero-order chi connectivity index (χ0) is 19.0. The topological polar surface area (TPSA) is 92.3 Å². The highest BCUT2D eigenvalue weighted by Crippen LogP contribution is 2.25. The molecule has 3 aromatic heterocycles. The number of nitrogens with one attached hydrogen (secondary N) is 1. The quantitative estimate of drug-likeness (QED) is 0.602. The van der Waals surface area contributed by atoms with Crippen molar-refractivity contribution in [2.45, 2.75) is 20.8 Å². The van der Waals surface area contributed by atoms with Crippen molar-refractivity contribution < 1.29 is 0 Å². The fraction of sp³-hybridized carbons (Fsp3) is 0.150. The third kappa shape index (κ3) is 3.09. The number of hydrogen-bond donors (Lipinski definition) is 1. The summed E-state index contributed by atoms with van der Waals surface area (Å²) in [5.74, 6) is 1.53. The molecule has 0 bridgehead atoms. The third-order valence-electron chi connectivity index (χ3n) is 4.23. The van der Waals surface area contributed by atoms with Gasteiger partial charge < -0.3 is 5.32 Å². The maximum absolute atomic E-state index is 9.49. The molecule has 1 aromatic carbocycles. The van der Waals surface area contributed by atoms with Crippen LogP contribution in [0.5, 0.6) is 0 Å². The van der Waals surface area contributed by atoms with Crippen LogP contribution in [0.2, 0.25) is 0 Å². The Hall–Kier alpha value is -3.79. The van der Waals surface area contributed by atoms with Crippen LogP contribution in [0.3, 0.4) is 0 Å². The highest BCUT2D eigenvalue weighted by molar-refractivity contribution is 5.83. The van der Waals surface area contributed by atoms with Crippen LogP contribution in [0.4, 0.5) is 11.8 Å². The Morgan fingerprint density at radius 1 is 1.00 bits per heavy atom. The zero-order valence-corrected chi connectivity index (χ0v) is 15.2. The molecule has 0 saturated carbocycles. The number of pyridine rings is 1. The van der Waals surface area contributed by atoms with Crippen LogP contribution >= 0.6 is 0 Å². The second kappa shape index (κ2) is 6.50. The molecule has 0 aliphatic carbocycles. The van der Waals surface area contributed by atoms with Crippen molar-refractivity contribution in [3.05, 3.63) is 65.1 Å². The Balaban J connectivity index is 1.85. The van der Waals surface area contributed by atoms with Gasteiger partial charge in [-0.1, -0.05) is 18.2 Å². The highest BCUT2D eigenvalue weighted by Gasteiger charge is 2.16. The lowest BCUT2D eigenvalue weighted by atomic mass is 10.1. The van der Waals surface area contributed by atoms with Crippen molar-refractivity contribution in [3.8, 4) is 11.9 Å². The number of anilines is 2. The molecule has 0 spiro atoms. The van der Waals surface area contributed by atoms with Gasteiger partial charge in [-0.25, -0.2) is 15.0 Å². The van der Waals surface area contributed by atoms with Crippen LogP contribution in [0, 0.1) is 32.1 Å². The lowest BCUT2D eigenvalue weighted by Crippen LogP contribution is -2.08. The number of aromatic nitrogens is 5. The van der Waals surface area contributed by atoms with E-state index in [9.17, 15) is 5.26 Å². The van der Waals surface area contributed by atoms with Gasteiger partial charge in [0.1, 0.15) is 11.6 Å². The van der Waals surface area contributed by atoms with Gasteiger partial charge in [0.2, 0.25) is 5.95 Å². The van der Waals surface area contributed by atoms with Crippen molar-refractivity contribution in [1.82, 2.24) is 24.7 Å². The van der Waals surface area contributed by atoms with Crippen LogP contribution in [0.15, 0.2) is 42.6 Å². The van der Waals surface area contributed by atoms with Crippen LogP contribution in [0.1, 0.15) is 22.5 Å². The van der Waals surface area contributed by atoms with E-state index in [1.807, 2.05) is 57.2 Å². The smallest absolute Gasteiger partial charge is 0.228 e. The van der Waals surface area contributed by atoms with Crippen LogP contribution in [0.25, 0.3) is 16.7 Å². The standard InChI is InChI=1S/C20H17N7/c1-12-8-18(25-17-7-5-4-6-16(12)17)27-19(15(10-21)11-22-27)26-20-23-13(2)9-14(3)24-20/h4-9,11H,1-3H3,(H,23,24,26). The number of benzene rings is 1. The van der Waals surface area contributed by atoms with Crippen LogP contribution in [-0.4, -0.2) is 24.7 Å². The van der Waals surface area contributed by atoms with Crippen LogP contribution in [-0.2, 0) is 0 Å². The summed E-state index contributed by atoms with van der Waals surface area (Å²) in [5.41, 5.74) is 4.03. The Bertz CT molecular complexity index is 1180. The number of fused-ring (bicyclic) bond motifs is 1. The molecule has 0 amide bonds. The fourth-order valence-electron chi connectivity index (χ4n) is 3.05. The molecule has 0 unspecified atom stereocenters. The molecule has 3 heterocycles. The number of para-hydroxylation sites is 1. The van der Waals surface area contributed by atoms with Gasteiger partial charge in [-0.05, 0) is 44.5 Å². The van der Waals surface area contributed by atoms with Gasteiger partial charge in [0.25, 0.3) is 0 Å². The SMILES string of the molecule is Cc1cc(C)nc(Nc2c(C#N)cnn2-c2cc(C)c3ccccc3n2)n1. The summed E-state index contributed by atoms with van der Waals surface area (Å²) in [5, 5.41) is 18.1. The molecule has 132 valence electrons. The number of hydrogen-bond acceptors (Lipinski definition) is 6. The second-order valence-electron chi connectivity index (χ2n) is 6.34. The van der Waals surface area contributed by atoms with E-state index in [-0.39, 0.29) is 0 Å². The Labute approximate surface area is 156 Å². The van der Waals surface area contributed by atoms with E-state index in [4.69, 9.17) is 4.98 Å². The average Bonchev–Trinajstić information content (AvgIpc) is 3.03. The Morgan fingerprint density at radius 2 is 1.74 bits per heavy atom. The summed E-state index contributed by atoms with van der Waals surface area (Å²) < 4.78 is 1.61. The predicted octanol–water partition coefficient (Wildman–Crippen LogP) is 3.75. The van der Waals surface area contributed by atoms with Gasteiger partial charge in [0.05, 0.1) is 11.7 Å². The molecule has 4 aromatic rings. The predicted molar refractivity (Wildman–Crippen MR) is 103 cm³/mol. The highest BCUT2D eigenvalue weighted by atomic mass is 15.4. The van der Waals surface area contributed by atoms with Crippen molar-refractivity contribution in [2.75, 3.05) is 5.32 Å². The minimum Gasteiger partial charge on any atom is -0.307 e. The van der Waals surface area contributed by atoms with Crippen molar-refractivity contribution >= 4 is 22.7 Å². The summed E-state index contributed by atoms with van der Waals surface area (Å²) in [6.45, 7) is 5.83. The molecular formula is C20H17N7. The number of aryl methyl sites for hydroxylation is 3. The van der Waals surface area contributed by atoms with Gasteiger partial charge >= 0.3 is 0 Å². The molecule has 27 heavy (non-hydrogen) atoms. The van der Waals surface area contributed by atoms with Gasteiger partial charge in [0.15, 0.2) is 11.6 Å². The monoisotopic (exact) mass is 355 g/mol. The first kappa shape index (κ1) is 16.7. The summed E-state index contributed by atoms with van der Waals surface area (Å²) in [6, 6.07) is 13.9. The molecule has 0 aliphatic heterocycles. The molecule has 7 heteroatoms. The average molecular weight is 355 g/mol. The van der Waals surface area contributed by atoms with Gasteiger partial charge in [-0.3, -0.25) is 0 Å². The van der Waals surface area contributed by atoms with Crippen LogP contribution < -0.4 is 5.32 Å². The third-order valence-corrected chi connectivity index (χ3v) is 4.23. The summed E-state index contributed by atoms with van der Waals surface area (Å²) in [6.07, 6.45) is 1.51. The van der Waals surface area contributed by atoms with E-state index >= 15 is 0 Å². The number of rotatable bonds is 3. The van der Waals surface area contributed by atoms with E-state index in [0.29, 0.717) is 23.1 Å². The van der Waals surface area contributed by atoms with Gasteiger partial charge in [0, 0.05) is 16.8 Å². The van der Waals surface area contributed by atoms with Gasteiger partial charge in [-0.15, -0.1) is 0 Å². The summed E-state index contributed by atoms with van der Waals surface area (Å²) in [4.78, 5) is 13.5. The summed E-state index contributed by atoms with van der Waals surface area (Å²) >= 11 is 0. The van der Waals surface area contributed by atoms with Crippen molar-refractivity contribution in [1.29, 1.82) is 5.26 Å². The largest absolute Gasteiger partial charge is 0.307 e. The molecule has 7 nitrogen and oxygen atoms in total. The second-order valence-corrected chi connectivity index (χ2v) is 6.34. The zero-order valence-electron chi connectivity index (χ0n) is 15.2. The minimum absolute atomic E-state index is 0.394. The van der Waals surface area contributed by atoms with E-state index < -0.39 is 0 Å². The molecule has 0 radical (unpaired) electrons. The number of nitriles is 1. The molecule has 0 atom stereocenters. The molecule has 4 rings (SSSR count). The lowest BCUT2D eigenvalue weighted by molar-refractivity contribution is 0.855. The van der Waals surface area contributed by atoms with Crippen molar-refractivity contribution in [3.63, 3.8) is 0 Å². The molecular weight excluding hydrogens is 338 g/mol. The first-order valence-electron chi connectivity index (χ1n) is 8.49. The number of nitrogens with zero attached hydrogens (tertiary/aromatic N) is 6. The van der Waals surface area contributed by atoms with E-state index in [1.165, 1.54) is 6.20 Å². The lowest BCUT2D eigenvalue weighted by Gasteiger charge is -2.11. The van der Waals surface area contributed by atoms with Gasteiger partial charge in [-0.2, -0.15) is 15.0 Å². The normalized spacial score (nSPS) is 10.7. The van der Waals surface area contributed by atoms with E-state index in [1.54, 1.807) is 4.68 Å². The van der Waals surface area contributed by atoms with Crippen molar-refractivity contribution in [2.24, 2.45) is 0 Å². The Morgan fingerprint density at radius 3 is 2.48 bits per heavy atom. The maximum atomic E-state index is 9.49. The fourth-order valence-corrected chi connectivity index (χ4v) is 3.05.